The Labute approximate surface area is 182 Å². The minimum Gasteiger partial charge on any atom is -1.00 e. The summed E-state index contributed by atoms with van der Waals surface area (Å²) in [5.41, 5.74) is 2.59. The molecule has 0 unspecified atom stereocenters. The van der Waals surface area contributed by atoms with Crippen molar-refractivity contribution in [3.05, 3.63) is 94.3 Å². The Kier molecular flexibility index (Phi) is 9.26. The molecule has 0 atom stereocenters. The fraction of sp³-hybridized carbons (Fsp3) is 0.217. The summed E-state index contributed by atoms with van der Waals surface area (Å²) in [6, 6.07) is 20.2. The van der Waals surface area contributed by atoms with Crippen LogP contribution in [0.5, 0.6) is 11.5 Å². The molecule has 0 fully saturated rings. The van der Waals surface area contributed by atoms with Gasteiger partial charge in [-0.2, -0.15) is 0 Å². The molecule has 0 bridgehead atoms. The summed E-state index contributed by atoms with van der Waals surface area (Å²) in [6.45, 7) is 1.59. The summed E-state index contributed by atoms with van der Waals surface area (Å²) in [5, 5.41) is 4.02. The molecule has 0 aliphatic rings. The van der Waals surface area contributed by atoms with Crippen molar-refractivity contribution in [1.29, 1.82) is 0 Å². The lowest BCUT2D eigenvalue weighted by Crippen LogP contribution is -3.00. The molecule has 3 rings (SSSR count). The summed E-state index contributed by atoms with van der Waals surface area (Å²) >= 11 is 6.22. The number of ether oxygens (including phenoxy) is 2. The Bertz CT molecular complexity index is 921. The molecular formula is C23H23Cl2FNO2-. The highest BCUT2D eigenvalue weighted by atomic mass is 35.5. The van der Waals surface area contributed by atoms with E-state index in [0.29, 0.717) is 48.2 Å². The third-order valence-corrected chi connectivity index (χ3v) is 4.82. The number of hydrogen-bond donors (Lipinski definition) is 1. The van der Waals surface area contributed by atoms with E-state index in [1.54, 1.807) is 19.2 Å². The Morgan fingerprint density at radius 1 is 0.897 bits per heavy atom. The van der Waals surface area contributed by atoms with E-state index in [9.17, 15) is 4.39 Å². The van der Waals surface area contributed by atoms with Gasteiger partial charge in [0.2, 0.25) is 0 Å². The molecule has 0 spiro atoms. The third kappa shape index (κ3) is 6.36. The first-order chi connectivity index (χ1) is 13.7. The van der Waals surface area contributed by atoms with E-state index in [0.717, 1.165) is 11.1 Å². The highest BCUT2D eigenvalue weighted by Crippen LogP contribution is 2.32. The van der Waals surface area contributed by atoms with Gasteiger partial charge in [0.15, 0.2) is 11.5 Å². The summed E-state index contributed by atoms with van der Waals surface area (Å²) in [6.07, 6.45) is 0.618. The second kappa shape index (κ2) is 11.7. The van der Waals surface area contributed by atoms with Crippen molar-refractivity contribution in [3.8, 4) is 11.5 Å². The quantitative estimate of drug-likeness (QED) is 0.524. The number of para-hydroxylation sites is 1. The molecule has 3 aromatic carbocycles. The molecule has 0 aliphatic heterocycles. The van der Waals surface area contributed by atoms with Crippen molar-refractivity contribution in [2.24, 2.45) is 0 Å². The third-order valence-electron chi connectivity index (χ3n) is 4.45. The van der Waals surface area contributed by atoms with Crippen LogP contribution in [-0.4, -0.2) is 13.7 Å². The van der Waals surface area contributed by atoms with Crippen molar-refractivity contribution in [2.75, 3.05) is 13.7 Å². The monoisotopic (exact) mass is 434 g/mol. The van der Waals surface area contributed by atoms with Gasteiger partial charge in [0.05, 0.1) is 7.11 Å². The van der Waals surface area contributed by atoms with Gasteiger partial charge in [-0.1, -0.05) is 60.1 Å². The Morgan fingerprint density at radius 3 is 2.31 bits per heavy atom. The zero-order chi connectivity index (χ0) is 19.8. The van der Waals surface area contributed by atoms with Gasteiger partial charge in [0.1, 0.15) is 12.4 Å². The zero-order valence-electron chi connectivity index (χ0n) is 16.1. The Hall–Kier alpha value is -2.27. The van der Waals surface area contributed by atoms with Crippen molar-refractivity contribution < 1.29 is 26.3 Å². The summed E-state index contributed by atoms with van der Waals surface area (Å²) in [5.74, 6) is 1.18. The maximum atomic E-state index is 13.7. The first-order valence-corrected chi connectivity index (χ1v) is 9.53. The lowest BCUT2D eigenvalue weighted by molar-refractivity contribution is -0.00000668. The average Bonchev–Trinajstić information content (AvgIpc) is 2.72. The van der Waals surface area contributed by atoms with E-state index in [1.165, 1.54) is 6.07 Å². The predicted octanol–water partition coefficient (Wildman–Crippen LogP) is 2.40. The number of hydrogen-bond acceptors (Lipinski definition) is 3. The van der Waals surface area contributed by atoms with Gasteiger partial charge >= 0.3 is 0 Å². The van der Waals surface area contributed by atoms with Crippen LogP contribution in [0.3, 0.4) is 0 Å². The number of nitrogens with one attached hydrogen (secondary N) is 1. The van der Waals surface area contributed by atoms with Gasteiger partial charge in [-0.25, -0.2) is 4.39 Å². The van der Waals surface area contributed by atoms with Gasteiger partial charge in [0.25, 0.3) is 0 Å². The fourth-order valence-corrected chi connectivity index (χ4v) is 3.13. The fourth-order valence-electron chi connectivity index (χ4n) is 2.94. The molecule has 154 valence electrons. The number of halogens is 3. The van der Waals surface area contributed by atoms with Crippen molar-refractivity contribution in [2.45, 2.75) is 19.6 Å². The number of benzene rings is 3. The maximum Gasteiger partial charge on any atom is 0.166 e. The maximum absolute atomic E-state index is 13.7. The van der Waals surface area contributed by atoms with Gasteiger partial charge < -0.3 is 27.2 Å². The van der Waals surface area contributed by atoms with E-state index >= 15 is 0 Å². The summed E-state index contributed by atoms with van der Waals surface area (Å²) in [4.78, 5) is 0. The minimum atomic E-state index is -0.172. The molecule has 3 nitrogen and oxygen atoms in total. The SMILES string of the molecule is COc1cccc(CNCCc2ccccc2F)c1OCc1ccccc1Cl.[Cl-]. The van der Waals surface area contributed by atoms with Crippen LogP contribution in [0.2, 0.25) is 5.02 Å². The van der Waals surface area contributed by atoms with E-state index in [-0.39, 0.29) is 18.2 Å². The van der Waals surface area contributed by atoms with Crippen LogP contribution in [0.15, 0.2) is 66.7 Å². The summed E-state index contributed by atoms with van der Waals surface area (Å²) in [7, 11) is 1.62. The molecule has 0 amide bonds. The van der Waals surface area contributed by atoms with Crippen molar-refractivity contribution in [1.82, 2.24) is 5.32 Å². The van der Waals surface area contributed by atoms with Crippen LogP contribution in [-0.2, 0) is 19.6 Å². The van der Waals surface area contributed by atoms with Crippen molar-refractivity contribution in [3.63, 3.8) is 0 Å². The average molecular weight is 435 g/mol. The molecule has 6 heteroatoms. The van der Waals surface area contributed by atoms with E-state index in [4.69, 9.17) is 21.1 Å². The summed E-state index contributed by atoms with van der Waals surface area (Å²) < 4.78 is 25.2. The van der Waals surface area contributed by atoms with E-state index < -0.39 is 0 Å². The van der Waals surface area contributed by atoms with E-state index in [1.807, 2.05) is 48.5 Å². The topological polar surface area (TPSA) is 30.5 Å². The van der Waals surface area contributed by atoms with Crippen LogP contribution in [0, 0.1) is 5.82 Å². The van der Waals surface area contributed by atoms with Crippen LogP contribution >= 0.6 is 11.6 Å². The standard InChI is InChI=1S/C23H23ClFNO2.ClH/c1-27-22-12-6-9-18(15-26-14-13-17-7-3-5-11-21(17)25)23(22)28-16-19-8-2-4-10-20(19)24;/h2-12,26H,13-16H2,1H3;1H/p-1. The highest BCUT2D eigenvalue weighted by molar-refractivity contribution is 6.31. The second-order valence-corrected chi connectivity index (χ2v) is 6.75. The molecule has 0 aliphatic carbocycles. The molecule has 1 N–H and O–H groups in total. The van der Waals surface area contributed by atoms with Gasteiger partial charge in [-0.3, -0.25) is 0 Å². The molecule has 0 heterocycles. The molecule has 0 aromatic heterocycles. The van der Waals surface area contributed by atoms with Crippen LogP contribution in [0.4, 0.5) is 4.39 Å². The molecule has 0 radical (unpaired) electrons. The van der Waals surface area contributed by atoms with E-state index in [2.05, 4.69) is 5.32 Å². The van der Waals surface area contributed by atoms with Gasteiger partial charge in [0, 0.05) is 22.7 Å². The lowest BCUT2D eigenvalue weighted by atomic mass is 10.1. The van der Waals surface area contributed by atoms with Gasteiger partial charge in [-0.15, -0.1) is 0 Å². The number of rotatable bonds is 9. The molecule has 0 saturated heterocycles. The molecule has 29 heavy (non-hydrogen) atoms. The predicted molar refractivity (Wildman–Crippen MR) is 111 cm³/mol. The van der Waals surface area contributed by atoms with Crippen LogP contribution < -0.4 is 27.2 Å². The first-order valence-electron chi connectivity index (χ1n) is 9.15. The first kappa shape index (κ1) is 23.0. The Balaban J connectivity index is 0.00000300. The highest BCUT2D eigenvalue weighted by Gasteiger charge is 2.12. The van der Waals surface area contributed by atoms with Crippen LogP contribution in [0.25, 0.3) is 0 Å². The Morgan fingerprint density at radius 2 is 1.59 bits per heavy atom. The smallest absolute Gasteiger partial charge is 0.166 e. The number of methoxy groups -OCH3 is 1. The van der Waals surface area contributed by atoms with Crippen LogP contribution in [0.1, 0.15) is 16.7 Å². The normalized spacial score (nSPS) is 10.3. The molecule has 0 saturated carbocycles. The van der Waals surface area contributed by atoms with Gasteiger partial charge in [-0.05, 0) is 36.7 Å². The van der Waals surface area contributed by atoms with Crippen molar-refractivity contribution >= 4 is 11.6 Å². The molecule has 3 aromatic rings. The largest absolute Gasteiger partial charge is 1.00 e. The molecular weight excluding hydrogens is 412 g/mol. The second-order valence-electron chi connectivity index (χ2n) is 6.35. The minimum absolute atomic E-state index is 0. The lowest BCUT2D eigenvalue weighted by Gasteiger charge is -2.16. The zero-order valence-corrected chi connectivity index (χ0v) is 17.6.